The summed E-state index contributed by atoms with van der Waals surface area (Å²) in [4.78, 5) is 12.0. The van der Waals surface area contributed by atoms with Crippen LogP contribution < -0.4 is 5.32 Å². The van der Waals surface area contributed by atoms with E-state index in [1.165, 1.54) is 5.57 Å². The molecule has 0 aromatic heterocycles. The highest BCUT2D eigenvalue weighted by atomic mass is 16.6. The third-order valence-electron chi connectivity index (χ3n) is 5.94. The summed E-state index contributed by atoms with van der Waals surface area (Å²) in [5.41, 5.74) is 1.26. The summed E-state index contributed by atoms with van der Waals surface area (Å²) in [7, 11) is 0. The summed E-state index contributed by atoms with van der Waals surface area (Å²) < 4.78 is 11.8. The van der Waals surface area contributed by atoms with Crippen LogP contribution >= 0.6 is 0 Å². The number of allylic oxidation sites excluding steroid dienone is 2. The highest BCUT2D eigenvalue weighted by Crippen LogP contribution is 2.52. The molecule has 2 bridgehead atoms. The van der Waals surface area contributed by atoms with Crippen LogP contribution in [0.25, 0.3) is 0 Å². The number of hydrogen-bond acceptors (Lipinski definition) is 3. The van der Waals surface area contributed by atoms with E-state index in [1.54, 1.807) is 0 Å². The summed E-state index contributed by atoms with van der Waals surface area (Å²) in [6.07, 6.45) is 8.41. The number of ether oxygens (including phenoxy) is 2. The summed E-state index contributed by atoms with van der Waals surface area (Å²) in [5.74, 6) is 1.10. The Hall–Kier alpha value is -1.29. The molecule has 1 saturated heterocycles. The molecule has 1 aliphatic heterocycles. The fourth-order valence-electron chi connectivity index (χ4n) is 4.29. The lowest BCUT2D eigenvalue weighted by Crippen LogP contribution is -2.56. The van der Waals surface area contributed by atoms with Crippen LogP contribution in [0.2, 0.25) is 0 Å². The van der Waals surface area contributed by atoms with Gasteiger partial charge in [-0.1, -0.05) is 51.0 Å². The molecule has 1 amide bonds. The van der Waals surface area contributed by atoms with Crippen LogP contribution in [0.15, 0.2) is 23.8 Å². The van der Waals surface area contributed by atoms with Gasteiger partial charge in [0.05, 0.1) is 12.7 Å². The Labute approximate surface area is 146 Å². The van der Waals surface area contributed by atoms with Crippen LogP contribution in [0.1, 0.15) is 47.5 Å². The van der Waals surface area contributed by atoms with Gasteiger partial charge < -0.3 is 14.8 Å². The van der Waals surface area contributed by atoms with Crippen molar-refractivity contribution in [1.29, 1.82) is 0 Å². The van der Waals surface area contributed by atoms with Crippen molar-refractivity contribution in [2.75, 3.05) is 19.8 Å². The molecule has 136 valence electrons. The standard InChI is InChI=1S/C20H33NO3/c1-6-8-10-21-19(22)24-13-20-12-23-17(9-7-2)18(16(20)5)14(3)11-15(20)4/h7,9,11,15-18H,6,8,10,12-13H2,1-5H3,(H,21,22)/b9-7+/t15-,16+,17-,18+,20+/m0/s1. The Morgan fingerprint density at radius 2 is 2.25 bits per heavy atom. The minimum atomic E-state index is -0.310. The van der Waals surface area contributed by atoms with Gasteiger partial charge in [0, 0.05) is 17.9 Å². The summed E-state index contributed by atoms with van der Waals surface area (Å²) >= 11 is 0. The van der Waals surface area contributed by atoms with E-state index in [9.17, 15) is 4.79 Å². The zero-order valence-corrected chi connectivity index (χ0v) is 15.8. The number of alkyl carbamates (subject to hydrolysis) is 1. The molecule has 0 radical (unpaired) electrons. The third kappa shape index (κ3) is 3.69. The Balaban J connectivity index is 2.09. The SMILES string of the molecule is C/C=C/[C@@H]1OC[C@]2(COC(=O)NCCCC)[C@H](C)[C@H]1C(C)=C[C@@H]2C. The quantitative estimate of drug-likeness (QED) is 0.581. The van der Waals surface area contributed by atoms with Gasteiger partial charge >= 0.3 is 6.09 Å². The molecule has 4 nitrogen and oxygen atoms in total. The lowest BCUT2D eigenvalue weighted by molar-refractivity contribution is -0.149. The maximum atomic E-state index is 12.0. The van der Waals surface area contributed by atoms with Crippen molar-refractivity contribution >= 4 is 6.09 Å². The maximum absolute atomic E-state index is 12.0. The van der Waals surface area contributed by atoms with Gasteiger partial charge in [-0.25, -0.2) is 4.79 Å². The first-order valence-corrected chi connectivity index (χ1v) is 9.29. The molecule has 0 aromatic rings. The van der Waals surface area contributed by atoms with Crippen molar-refractivity contribution in [3.63, 3.8) is 0 Å². The predicted molar refractivity (Wildman–Crippen MR) is 96.8 cm³/mol. The number of amides is 1. The van der Waals surface area contributed by atoms with Crippen LogP contribution in [0.3, 0.4) is 0 Å². The minimum absolute atomic E-state index is 0.125. The molecule has 2 aliphatic rings. The number of unbranched alkanes of at least 4 members (excludes halogenated alkanes) is 1. The van der Waals surface area contributed by atoms with Gasteiger partial charge in [0.2, 0.25) is 0 Å². The molecule has 2 rings (SSSR count). The molecule has 1 aliphatic carbocycles. The number of carbonyl (C=O) groups excluding carboxylic acids is 1. The van der Waals surface area contributed by atoms with E-state index in [4.69, 9.17) is 9.47 Å². The lowest BCUT2D eigenvalue weighted by atomic mass is 9.56. The normalized spacial score (nSPS) is 35.6. The first-order chi connectivity index (χ1) is 11.5. The Kier molecular flexibility index (Phi) is 6.50. The van der Waals surface area contributed by atoms with Crippen molar-refractivity contribution in [3.8, 4) is 0 Å². The van der Waals surface area contributed by atoms with Crippen molar-refractivity contribution in [3.05, 3.63) is 23.8 Å². The molecule has 4 heteroatoms. The van der Waals surface area contributed by atoms with E-state index < -0.39 is 0 Å². The van der Waals surface area contributed by atoms with Gasteiger partial charge in [-0.3, -0.25) is 0 Å². The highest BCUT2D eigenvalue weighted by molar-refractivity contribution is 5.67. The average molecular weight is 335 g/mol. The van der Waals surface area contributed by atoms with Crippen molar-refractivity contribution in [1.82, 2.24) is 5.32 Å². The van der Waals surface area contributed by atoms with Gasteiger partial charge in [0.15, 0.2) is 0 Å². The zero-order valence-electron chi connectivity index (χ0n) is 15.8. The number of nitrogens with one attached hydrogen (secondary N) is 1. The second kappa shape index (κ2) is 8.19. The van der Waals surface area contributed by atoms with Crippen LogP contribution in [-0.2, 0) is 9.47 Å². The third-order valence-corrected chi connectivity index (χ3v) is 5.94. The smallest absolute Gasteiger partial charge is 0.407 e. The van der Waals surface area contributed by atoms with E-state index in [1.807, 2.05) is 6.92 Å². The minimum Gasteiger partial charge on any atom is -0.449 e. The van der Waals surface area contributed by atoms with E-state index in [0.29, 0.717) is 37.5 Å². The molecule has 1 N–H and O–H groups in total. The Bertz CT molecular complexity index is 499. The maximum Gasteiger partial charge on any atom is 0.407 e. The van der Waals surface area contributed by atoms with Crippen molar-refractivity contribution in [2.24, 2.45) is 23.2 Å². The topological polar surface area (TPSA) is 47.6 Å². The van der Waals surface area contributed by atoms with Crippen LogP contribution in [0, 0.1) is 23.2 Å². The molecule has 0 unspecified atom stereocenters. The van der Waals surface area contributed by atoms with E-state index in [-0.39, 0.29) is 17.6 Å². The monoisotopic (exact) mass is 335 g/mol. The van der Waals surface area contributed by atoms with E-state index in [2.05, 4.69) is 51.2 Å². The van der Waals surface area contributed by atoms with Gasteiger partial charge in [-0.15, -0.1) is 0 Å². The molecular formula is C20H33NO3. The summed E-state index contributed by atoms with van der Waals surface area (Å²) in [5, 5.41) is 2.83. The molecule has 1 heterocycles. The lowest BCUT2D eigenvalue weighted by Gasteiger charge is -2.54. The van der Waals surface area contributed by atoms with Gasteiger partial charge in [-0.2, -0.15) is 0 Å². The summed E-state index contributed by atoms with van der Waals surface area (Å²) in [6, 6.07) is 0. The molecule has 5 atom stereocenters. The van der Waals surface area contributed by atoms with Gasteiger partial charge in [-0.05, 0) is 32.1 Å². The van der Waals surface area contributed by atoms with Crippen molar-refractivity contribution < 1.29 is 14.3 Å². The number of hydrogen-bond donors (Lipinski definition) is 1. The van der Waals surface area contributed by atoms with E-state index >= 15 is 0 Å². The van der Waals surface area contributed by atoms with Crippen LogP contribution in [0.5, 0.6) is 0 Å². The molecule has 24 heavy (non-hydrogen) atoms. The first-order valence-electron chi connectivity index (χ1n) is 9.29. The first kappa shape index (κ1) is 19.0. The average Bonchev–Trinajstić information content (AvgIpc) is 2.53. The molecule has 0 saturated carbocycles. The molecule has 0 spiro atoms. The Morgan fingerprint density at radius 3 is 2.92 bits per heavy atom. The Morgan fingerprint density at radius 1 is 1.50 bits per heavy atom. The van der Waals surface area contributed by atoms with Gasteiger partial charge in [0.1, 0.15) is 6.61 Å². The highest BCUT2D eigenvalue weighted by Gasteiger charge is 2.53. The number of rotatable bonds is 6. The second-order valence-corrected chi connectivity index (χ2v) is 7.40. The van der Waals surface area contributed by atoms with Crippen LogP contribution in [0.4, 0.5) is 4.79 Å². The molecule has 1 fully saturated rings. The molecule has 0 aromatic carbocycles. The number of carbonyl (C=O) groups is 1. The van der Waals surface area contributed by atoms with Crippen LogP contribution in [-0.4, -0.2) is 32.0 Å². The molecular weight excluding hydrogens is 302 g/mol. The number of fused-ring (bicyclic) bond motifs is 2. The largest absolute Gasteiger partial charge is 0.449 e. The van der Waals surface area contributed by atoms with Gasteiger partial charge in [0.25, 0.3) is 0 Å². The fourth-order valence-corrected chi connectivity index (χ4v) is 4.29. The zero-order chi connectivity index (χ0) is 17.7. The van der Waals surface area contributed by atoms with Crippen molar-refractivity contribution in [2.45, 2.75) is 53.6 Å². The fraction of sp³-hybridized carbons (Fsp3) is 0.750. The second-order valence-electron chi connectivity index (χ2n) is 7.40. The summed E-state index contributed by atoms with van der Waals surface area (Å²) in [6.45, 7) is 12.6. The predicted octanol–water partition coefficient (Wildman–Crippen LogP) is 4.32. The van der Waals surface area contributed by atoms with E-state index in [0.717, 1.165) is 12.8 Å².